The van der Waals surface area contributed by atoms with Crippen molar-refractivity contribution in [2.75, 3.05) is 19.6 Å². The van der Waals surface area contributed by atoms with Crippen LogP contribution in [0.4, 0.5) is 0 Å². The summed E-state index contributed by atoms with van der Waals surface area (Å²) in [6, 6.07) is 9.96. The van der Waals surface area contributed by atoms with Crippen molar-refractivity contribution in [3.05, 3.63) is 41.7 Å². The van der Waals surface area contributed by atoms with Gasteiger partial charge < -0.3 is 5.32 Å². The van der Waals surface area contributed by atoms with E-state index in [1.807, 2.05) is 37.3 Å². The summed E-state index contributed by atoms with van der Waals surface area (Å²) in [6.45, 7) is 6.85. The van der Waals surface area contributed by atoms with Crippen molar-refractivity contribution in [2.45, 2.75) is 32.7 Å². The number of hydrogen-bond donors (Lipinski definition) is 1. The van der Waals surface area contributed by atoms with E-state index in [9.17, 15) is 4.79 Å². The molecule has 0 saturated carbocycles. The summed E-state index contributed by atoms with van der Waals surface area (Å²) in [5, 5.41) is 11.7. The van der Waals surface area contributed by atoms with E-state index in [-0.39, 0.29) is 5.91 Å². The average molecular weight is 313 g/mol. The van der Waals surface area contributed by atoms with Crippen molar-refractivity contribution in [2.24, 2.45) is 0 Å². The smallest absolute Gasteiger partial charge is 0.273 e. The molecule has 6 heteroatoms. The molecule has 1 fully saturated rings. The van der Waals surface area contributed by atoms with Crippen LogP contribution < -0.4 is 5.32 Å². The third-order valence-electron chi connectivity index (χ3n) is 4.31. The molecule has 1 aliphatic rings. The van der Waals surface area contributed by atoms with Crippen LogP contribution in [-0.4, -0.2) is 51.5 Å². The normalized spacial score (nSPS) is 16.4. The number of aromatic nitrogens is 3. The Labute approximate surface area is 136 Å². The van der Waals surface area contributed by atoms with E-state index in [0.29, 0.717) is 24.0 Å². The molecular formula is C17H23N5O. The summed E-state index contributed by atoms with van der Waals surface area (Å²) >= 11 is 0. The van der Waals surface area contributed by atoms with Gasteiger partial charge in [-0.1, -0.05) is 18.2 Å². The third-order valence-corrected chi connectivity index (χ3v) is 4.31. The van der Waals surface area contributed by atoms with Crippen LogP contribution in [0.2, 0.25) is 0 Å². The maximum absolute atomic E-state index is 12.4. The number of aryl methyl sites for hydroxylation is 1. The van der Waals surface area contributed by atoms with E-state index in [1.165, 1.54) is 17.6 Å². The molecule has 0 radical (unpaired) electrons. The molecule has 1 aromatic carbocycles. The molecule has 1 unspecified atom stereocenters. The van der Waals surface area contributed by atoms with Crippen LogP contribution in [0.3, 0.4) is 0 Å². The van der Waals surface area contributed by atoms with Crippen molar-refractivity contribution in [1.29, 1.82) is 0 Å². The van der Waals surface area contributed by atoms with Gasteiger partial charge in [0.15, 0.2) is 5.69 Å². The van der Waals surface area contributed by atoms with Gasteiger partial charge in [0.05, 0.1) is 11.4 Å². The minimum atomic E-state index is -0.157. The van der Waals surface area contributed by atoms with Crippen molar-refractivity contribution < 1.29 is 4.79 Å². The number of nitrogens with one attached hydrogen (secondary N) is 1. The molecule has 2 heterocycles. The van der Waals surface area contributed by atoms with Gasteiger partial charge in [-0.05, 0) is 51.9 Å². The van der Waals surface area contributed by atoms with Crippen LogP contribution >= 0.6 is 0 Å². The summed E-state index contributed by atoms with van der Waals surface area (Å²) in [5.41, 5.74) is 1.88. The quantitative estimate of drug-likeness (QED) is 0.914. The molecule has 0 aliphatic carbocycles. The summed E-state index contributed by atoms with van der Waals surface area (Å²) in [5.74, 6) is -0.157. The predicted molar refractivity (Wildman–Crippen MR) is 88.7 cm³/mol. The van der Waals surface area contributed by atoms with Crippen molar-refractivity contribution in [3.8, 4) is 5.69 Å². The zero-order valence-corrected chi connectivity index (χ0v) is 13.7. The first-order chi connectivity index (χ1) is 11.1. The van der Waals surface area contributed by atoms with E-state index in [0.717, 1.165) is 18.8 Å². The lowest BCUT2D eigenvalue weighted by atomic mass is 10.2. The third kappa shape index (κ3) is 3.59. The molecule has 0 bridgehead atoms. The number of amides is 1. The second-order valence-electron chi connectivity index (χ2n) is 6.06. The maximum Gasteiger partial charge on any atom is 0.273 e. The topological polar surface area (TPSA) is 63.1 Å². The average Bonchev–Trinajstić information content (AvgIpc) is 3.23. The highest BCUT2D eigenvalue weighted by atomic mass is 16.2. The summed E-state index contributed by atoms with van der Waals surface area (Å²) in [6.07, 6.45) is 2.51. The molecule has 3 rings (SSSR count). The van der Waals surface area contributed by atoms with E-state index < -0.39 is 0 Å². The second kappa shape index (κ2) is 6.91. The Kier molecular flexibility index (Phi) is 4.71. The lowest BCUT2D eigenvalue weighted by molar-refractivity contribution is 0.0934. The zero-order chi connectivity index (χ0) is 16.2. The standard InChI is InChI=1S/C17H23N5O/c1-13(21-10-6-7-11-21)12-18-17(23)16-14(2)19-22(20-16)15-8-4-3-5-9-15/h3-5,8-9,13H,6-7,10-12H2,1-2H3,(H,18,23). The first-order valence-corrected chi connectivity index (χ1v) is 8.17. The molecule has 0 spiro atoms. The molecule has 2 aromatic rings. The Hall–Kier alpha value is -2.21. The van der Waals surface area contributed by atoms with E-state index in [1.54, 1.807) is 0 Å². The van der Waals surface area contributed by atoms with Crippen molar-refractivity contribution in [1.82, 2.24) is 25.2 Å². The lowest BCUT2D eigenvalue weighted by Crippen LogP contribution is -2.40. The van der Waals surface area contributed by atoms with Crippen LogP contribution in [0, 0.1) is 6.92 Å². The molecule has 1 aromatic heterocycles. The van der Waals surface area contributed by atoms with E-state index in [2.05, 4.69) is 27.3 Å². The van der Waals surface area contributed by atoms with Gasteiger partial charge in [0, 0.05) is 12.6 Å². The zero-order valence-electron chi connectivity index (χ0n) is 13.7. The SMILES string of the molecule is Cc1nn(-c2ccccc2)nc1C(=O)NCC(C)N1CCCC1. The first-order valence-electron chi connectivity index (χ1n) is 8.17. The first kappa shape index (κ1) is 15.7. The Morgan fingerprint density at radius 1 is 1.22 bits per heavy atom. The van der Waals surface area contributed by atoms with Gasteiger partial charge in [-0.15, -0.1) is 5.10 Å². The van der Waals surface area contributed by atoms with Crippen molar-refractivity contribution in [3.63, 3.8) is 0 Å². The molecule has 23 heavy (non-hydrogen) atoms. The number of benzene rings is 1. The van der Waals surface area contributed by atoms with Crippen molar-refractivity contribution >= 4 is 5.91 Å². The van der Waals surface area contributed by atoms with Crippen LogP contribution in [0.25, 0.3) is 5.69 Å². The minimum absolute atomic E-state index is 0.157. The van der Waals surface area contributed by atoms with Gasteiger partial charge in [-0.2, -0.15) is 9.90 Å². The number of likely N-dealkylation sites (tertiary alicyclic amines) is 1. The molecule has 6 nitrogen and oxygen atoms in total. The van der Waals surface area contributed by atoms with Crippen LogP contribution in [0.15, 0.2) is 30.3 Å². The number of para-hydroxylation sites is 1. The van der Waals surface area contributed by atoms with Gasteiger partial charge in [0.25, 0.3) is 5.91 Å². The fraction of sp³-hybridized carbons (Fsp3) is 0.471. The Morgan fingerprint density at radius 3 is 2.61 bits per heavy atom. The number of carbonyl (C=O) groups is 1. The Balaban J connectivity index is 1.64. The maximum atomic E-state index is 12.4. The molecule has 1 aliphatic heterocycles. The van der Waals surface area contributed by atoms with Gasteiger partial charge in [0.2, 0.25) is 0 Å². The molecular weight excluding hydrogens is 290 g/mol. The Bertz CT molecular complexity index is 661. The number of hydrogen-bond acceptors (Lipinski definition) is 4. The fourth-order valence-electron chi connectivity index (χ4n) is 2.90. The number of nitrogens with zero attached hydrogens (tertiary/aromatic N) is 4. The van der Waals surface area contributed by atoms with Gasteiger partial charge in [0.1, 0.15) is 0 Å². The van der Waals surface area contributed by atoms with E-state index >= 15 is 0 Å². The summed E-state index contributed by atoms with van der Waals surface area (Å²) < 4.78 is 0. The van der Waals surface area contributed by atoms with Crippen LogP contribution in [-0.2, 0) is 0 Å². The summed E-state index contributed by atoms with van der Waals surface area (Å²) in [4.78, 5) is 16.3. The highest BCUT2D eigenvalue weighted by molar-refractivity contribution is 5.93. The van der Waals surface area contributed by atoms with Gasteiger partial charge >= 0.3 is 0 Å². The molecule has 1 N–H and O–H groups in total. The summed E-state index contributed by atoms with van der Waals surface area (Å²) in [7, 11) is 0. The van der Waals surface area contributed by atoms with Gasteiger partial charge in [-0.25, -0.2) is 0 Å². The fourth-order valence-corrected chi connectivity index (χ4v) is 2.90. The highest BCUT2D eigenvalue weighted by Crippen LogP contribution is 2.11. The van der Waals surface area contributed by atoms with Crippen LogP contribution in [0.5, 0.6) is 0 Å². The van der Waals surface area contributed by atoms with Gasteiger partial charge in [-0.3, -0.25) is 9.69 Å². The monoisotopic (exact) mass is 313 g/mol. The van der Waals surface area contributed by atoms with E-state index in [4.69, 9.17) is 0 Å². The highest BCUT2D eigenvalue weighted by Gasteiger charge is 2.20. The molecule has 122 valence electrons. The second-order valence-corrected chi connectivity index (χ2v) is 6.06. The molecule has 1 saturated heterocycles. The predicted octanol–water partition coefficient (Wildman–Crippen LogP) is 1.79. The molecule has 1 atom stereocenters. The lowest BCUT2D eigenvalue weighted by Gasteiger charge is -2.23. The minimum Gasteiger partial charge on any atom is -0.349 e. The largest absolute Gasteiger partial charge is 0.349 e. The Morgan fingerprint density at radius 2 is 1.91 bits per heavy atom. The number of carbonyl (C=O) groups excluding carboxylic acids is 1. The van der Waals surface area contributed by atoms with Crippen LogP contribution in [0.1, 0.15) is 35.9 Å². The molecule has 1 amide bonds. The number of rotatable bonds is 5.